The van der Waals surface area contributed by atoms with Gasteiger partial charge in [0, 0.05) is 30.4 Å². The highest BCUT2D eigenvalue weighted by Crippen LogP contribution is 2.37. The van der Waals surface area contributed by atoms with Crippen LogP contribution in [-0.4, -0.2) is 40.7 Å². The van der Waals surface area contributed by atoms with Crippen molar-refractivity contribution in [2.45, 2.75) is 85.4 Å². The Bertz CT molecular complexity index is 624. The summed E-state index contributed by atoms with van der Waals surface area (Å²) in [5.74, 6) is 1.36. The van der Waals surface area contributed by atoms with E-state index in [9.17, 15) is 4.79 Å². The Morgan fingerprint density at radius 2 is 2.07 bits per heavy atom. The van der Waals surface area contributed by atoms with Gasteiger partial charge in [0.25, 0.3) is 0 Å². The van der Waals surface area contributed by atoms with Crippen LogP contribution in [0.4, 0.5) is 10.6 Å². The average molecular weight is 376 g/mol. The standard InChI is InChI=1S/C22H37N3O2/c1-8-17(4)25(21(26)27-22(5,6)7)20-18(11-9-13-23-20)19-12-10-14-24(19)15-16(2)3/h9,11,13,16-17,19H,8,10,12,14-15H2,1-7H3/t17-,19-/m0/s1. The SMILES string of the molecule is CC[C@H](C)N(C(=O)OC(C)(C)C)c1ncccc1[C@@H]1CCCN1CC(C)C. The number of ether oxygens (including phenoxy) is 1. The third kappa shape index (κ3) is 5.68. The van der Waals surface area contributed by atoms with Gasteiger partial charge in [0.05, 0.1) is 0 Å². The van der Waals surface area contributed by atoms with Crippen LogP contribution in [0, 0.1) is 5.92 Å². The van der Waals surface area contributed by atoms with E-state index in [2.05, 4.69) is 43.6 Å². The molecule has 0 N–H and O–H groups in total. The maximum absolute atomic E-state index is 13.0. The zero-order chi connectivity index (χ0) is 20.2. The number of aromatic nitrogens is 1. The zero-order valence-corrected chi connectivity index (χ0v) is 18.2. The molecular formula is C22H37N3O2. The summed E-state index contributed by atoms with van der Waals surface area (Å²) >= 11 is 0. The van der Waals surface area contributed by atoms with E-state index in [0.29, 0.717) is 12.0 Å². The summed E-state index contributed by atoms with van der Waals surface area (Å²) in [5.41, 5.74) is 0.608. The summed E-state index contributed by atoms with van der Waals surface area (Å²) < 4.78 is 5.72. The van der Waals surface area contributed by atoms with Gasteiger partial charge in [0.1, 0.15) is 11.4 Å². The molecule has 1 aromatic rings. The molecule has 0 spiro atoms. The minimum atomic E-state index is -0.533. The summed E-state index contributed by atoms with van der Waals surface area (Å²) in [6.07, 6.45) is 4.59. The van der Waals surface area contributed by atoms with E-state index in [-0.39, 0.29) is 12.1 Å². The van der Waals surface area contributed by atoms with Crippen LogP contribution in [0.25, 0.3) is 0 Å². The third-order valence-corrected chi connectivity index (χ3v) is 4.99. The summed E-state index contributed by atoms with van der Waals surface area (Å²) in [5, 5.41) is 0. The van der Waals surface area contributed by atoms with Crippen molar-refractivity contribution in [3.63, 3.8) is 0 Å². The van der Waals surface area contributed by atoms with Crippen molar-refractivity contribution in [2.24, 2.45) is 5.92 Å². The van der Waals surface area contributed by atoms with Crippen molar-refractivity contribution in [3.05, 3.63) is 23.9 Å². The highest BCUT2D eigenvalue weighted by molar-refractivity contribution is 5.88. The number of nitrogens with zero attached hydrogens (tertiary/aromatic N) is 3. The molecule has 5 heteroatoms. The maximum atomic E-state index is 13.0. The number of anilines is 1. The predicted octanol–water partition coefficient (Wildman–Crippen LogP) is 5.41. The number of hydrogen-bond acceptors (Lipinski definition) is 4. The van der Waals surface area contributed by atoms with E-state index < -0.39 is 5.60 Å². The van der Waals surface area contributed by atoms with Gasteiger partial charge in [0.2, 0.25) is 0 Å². The fraction of sp³-hybridized carbons (Fsp3) is 0.727. The predicted molar refractivity (Wildman–Crippen MR) is 111 cm³/mol. The van der Waals surface area contributed by atoms with Crippen molar-refractivity contribution in [2.75, 3.05) is 18.0 Å². The molecule has 1 amide bonds. The first-order valence-electron chi connectivity index (χ1n) is 10.3. The monoisotopic (exact) mass is 375 g/mol. The lowest BCUT2D eigenvalue weighted by Gasteiger charge is -2.34. The highest BCUT2D eigenvalue weighted by atomic mass is 16.6. The molecule has 0 saturated carbocycles. The summed E-state index contributed by atoms with van der Waals surface area (Å²) in [6, 6.07) is 4.44. The van der Waals surface area contributed by atoms with Crippen molar-refractivity contribution in [1.29, 1.82) is 0 Å². The Kier molecular flexibility index (Phi) is 7.26. The first kappa shape index (κ1) is 21.7. The van der Waals surface area contributed by atoms with Crippen molar-refractivity contribution >= 4 is 11.9 Å². The summed E-state index contributed by atoms with van der Waals surface area (Å²) in [6.45, 7) is 16.5. The molecule has 152 valence electrons. The highest BCUT2D eigenvalue weighted by Gasteiger charge is 2.34. The van der Waals surface area contributed by atoms with Crippen LogP contribution in [0.15, 0.2) is 18.3 Å². The molecule has 1 fully saturated rings. The van der Waals surface area contributed by atoms with Gasteiger partial charge in [-0.3, -0.25) is 9.80 Å². The minimum absolute atomic E-state index is 0.0217. The molecule has 27 heavy (non-hydrogen) atoms. The lowest BCUT2D eigenvalue weighted by Crippen LogP contribution is -2.43. The fourth-order valence-electron chi connectivity index (χ4n) is 3.71. The maximum Gasteiger partial charge on any atom is 0.416 e. The van der Waals surface area contributed by atoms with E-state index in [1.807, 2.05) is 26.8 Å². The van der Waals surface area contributed by atoms with Gasteiger partial charge in [-0.25, -0.2) is 9.78 Å². The first-order valence-corrected chi connectivity index (χ1v) is 10.3. The lowest BCUT2D eigenvalue weighted by atomic mass is 10.0. The molecule has 1 saturated heterocycles. The van der Waals surface area contributed by atoms with Crippen molar-refractivity contribution in [3.8, 4) is 0 Å². The molecule has 0 bridgehead atoms. The second-order valence-corrected chi connectivity index (χ2v) is 9.07. The molecule has 1 aliphatic heterocycles. The number of carbonyl (C=O) groups is 1. The largest absolute Gasteiger partial charge is 0.443 e. The molecular weight excluding hydrogens is 338 g/mol. The molecule has 2 heterocycles. The Morgan fingerprint density at radius 3 is 2.67 bits per heavy atom. The second-order valence-electron chi connectivity index (χ2n) is 9.07. The van der Waals surface area contributed by atoms with Gasteiger partial charge in [-0.15, -0.1) is 0 Å². The van der Waals surface area contributed by atoms with E-state index >= 15 is 0 Å². The summed E-state index contributed by atoms with van der Waals surface area (Å²) in [7, 11) is 0. The molecule has 2 rings (SSSR count). The molecule has 0 radical (unpaired) electrons. The van der Waals surface area contributed by atoms with E-state index in [0.717, 1.165) is 37.3 Å². The normalized spacial score (nSPS) is 19.3. The van der Waals surface area contributed by atoms with Crippen molar-refractivity contribution in [1.82, 2.24) is 9.88 Å². The van der Waals surface area contributed by atoms with E-state index in [1.165, 1.54) is 6.42 Å². The molecule has 2 atom stereocenters. The topological polar surface area (TPSA) is 45.7 Å². The van der Waals surface area contributed by atoms with Crippen LogP contribution in [0.3, 0.4) is 0 Å². The van der Waals surface area contributed by atoms with Crippen LogP contribution in [0.2, 0.25) is 0 Å². The van der Waals surface area contributed by atoms with Crippen LogP contribution in [-0.2, 0) is 4.74 Å². The minimum Gasteiger partial charge on any atom is -0.443 e. The Labute approximate surface area is 165 Å². The van der Waals surface area contributed by atoms with Crippen LogP contribution in [0.1, 0.15) is 79.3 Å². The van der Waals surface area contributed by atoms with Crippen LogP contribution in [0.5, 0.6) is 0 Å². The zero-order valence-electron chi connectivity index (χ0n) is 18.2. The molecule has 0 aromatic carbocycles. The molecule has 1 aromatic heterocycles. The van der Waals surface area contributed by atoms with E-state index in [4.69, 9.17) is 4.74 Å². The van der Waals surface area contributed by atoms with Gasteiger partial charge in [-0.05, 0) is 65.5 Å². The van der Waals surface area contributed by atoms with Gasteiger partial charge in [0.15, 0.2) is 0 Å². The number of carbonyl (C=O) groups excluding carboxylic acids is 1. The van der Waals surface area contributed by atoms with Gasteiger partial charge < -0.3 is 4.74 Å². The Morgan fingerprint density at radius 1 is 1.37 bits per heavy atom. The van der Waals surface area contributed by atoms with Crippen LogP contribution >= 0.6 is 0 Å². The quantitative estimate of drug-likeness (QED) is 0.666. The smallest absolute Gasteiger partial charge is 0.416 e. The second kappa shape index (κ2) is 9.05. The Balaban J connectivity index is 2.41. The van der Waals surface area contributed by atoms with Gasteiger partial charge in [-0.1, -0.05) is 26.8 Å². The molecule has 0 aliphatic carbocycles. The lowest BCUT2D eigenvalue weighted by molar-refractivity contribution is 0.0565. The number of pyridine rings is 1. The van der Waals surface area contributed by atoms with Crippen molar-refractivity contribution < 1.29 is 9.53 Å². The number of hydrogen-bond donors (Lipinski definition) is 0. The summed E-state index contributed by atoms with van der Waals surface area (Å²) in [4.78, 5) is 22.0. The van der Waals surface area contributed by atoms with Gasteiger partial charge >= 0.3 is 6.09 Å². The number of likely N-dealkylation sites (tertiary alicyclic amines) is 1. The Hall–Kier alpha value is -1.62. The molecule has 0 unspecified atom stereocenters. The van der Waals surface area contributed by atoms with Gasteiger partial charge in [-0.2, -0.15) is 0 Å². The van der Waals surface area contributed by atoms with E-state index in [1.54, 1.807) is 11.1 Å². The van der Waals surface area contributed by atoms with Crippen LogP contribution < -0.4 is 4.90 Å². The molecule has 5 nitrogen and oxygen atoms in total. The third-order valence-electron chi connectivity index (χ3n) is 4.99. The molecule has 1 aliphatic rings. The fourth-order valence-corrected chi connectivity index (χ4v) is 3.71. The first-order chi connectivity index (χ1) is 12.6. The number of amides is 1. The number of rotatable bonds is 6. The average Bonchev–Trinajstić information content (AvgIpc) is 3.00.